The molecule has 1 heterocycles. The Morgan fingerprint density at radius 3 is 2.54 bits per heavy atom. The summed E-state index contributed by atoms with van der Waals surface area (Å²) in [6.07, 6.45) is 3.03. The van der Waals surface area contributed by atoms with Gasteiger partial charge in [-0.05, 0) is 25.7 Å². The molecule has 3 nitrogen and oxygen atoms in total. The minimum Gasteiger partial charge on any atom is -0.396 e. The minimum atomic E-state index is -0.268. The van der Waals surface area contributed by atoms with Crippen molar-refractivity contribution in [1.29, 1.82) is 0 Å². The molecular weight excluding hydrogens is 168 g/mol. The van der Waals surface area contributed by atoms with Gasteiger partial charge in [0.05, 0.1) is 19.3 Å². The second-order valence-electron chi connectivity index (χ2n) is 4.07. The van der Waals surface area contributed by atoms with Gasteiger partial charge in [-0.1, -0.05) is 6.92 Å². The number of hydrogen-bond donors (Lipinski definition) is 2. The van der Waals surface area contributed by atoms with Crippen molar-refractivity contribution in [3.63, 3.8) is 0 Å². The molecule has 0 aromatic heterocycles. The fourth-order valence-corrected chi connectivity index (χ4v) is 1.79. The van der Waals surface area contributed by atoms with Crippen molar-refractivity contribution >= 4 is 0 Å². The van der Waals surface area contributed by atoms with E-state index in [2.05, 4.69) is 6.92 Å². The van der Waals surface area contributed by atoms with Gasteiger partial charge in [-0.3, -0.25) is 0 Å². The lowest BCUT2D eigenvalue weighted by atomic mass is 9.77. The van der Waals surface area contributed by atoms with E-state index in [0.29, 0.717) is 12.8 Å². The molecular formula is C10H20O3. The summed E-state index contributed by atoms with van der Waals surface area (Å²) >= 11 is 0. The van der Waals surface area contributed by atoms with E-state index in [4.69, 9.17) is 9.84 Å². The fourth-order valence-electron chi connectivity index (χ4n) is 1.79. The van der Waals surface area contributed by atoms with Crippen LogP contribution < -0.4 is 0 Å². The molecule has 0 amide bonds. The third-order valence-corrected chi connectivity index (χ3v) is 2.93. The van der Waals surface area contributed by atoms with Gasteiger partial charge < -0.3 is 14.9 Å². The van der Waals surface area contributed by atoms with E-state index in [9.17, 15) is 5.11 Å². The van der Waals surface area contributed by atoms with Crippen LogP contribution in [0.2, 0.25) is 0 Å². The van der Waals surface area contributed by atoms with Gasteiger partial charge in [0, 0.05) is 12.0 Å². The molecule has 1 rings (SSSR count). The Labute approximate surface area is 79.7 Å². The zero-order chi connectivity index (χ0) is 9.73. The summed E-state index contributed by atoms with van der Waals surface area (Å²) in [7, 11) is 0. The van der Waals surface area contributed by atoms with E-state index in [1.807, 2.05) is 0 Å². The Hall–Kier alpha value is -0.120. The van der Waals surface area contributed by atoms with E-state index in [1.54, 1.807) is 0 Å². The Kier molecular flexibility index (Phi) is 4.16. The standard InChI is InChI=1S/C10H20O3/c1-2-10(7-13-8-10)6-9(12)4-3-5-11/h9,11-12H,2-8H2,1H3. The maximum Gasteiger partial charge on any atom is 0.0548 e. The lowest BCUT2D eigenvalue weighted by Crippen LogP contribution is -2.44. The molecule has 13 heavy (non-hydrogen) atoms. The molecule has 0 spiro atoms. The molecule has 2 N–H and O–H groups in total. The van der Waals surface area contributed by atoms with E-state index >= 15 is 0 Å². The van der Waals surface area contributed by atoms with Crippen molar-refractivity contribution in [3.8, 4) is 0 Å². The largest absolute Gasteiger partial charge is 0.396 e. The van der Waals surface area contributed by atoms with Crippen molar-refractivity contribution in [2.45, 2.75) is 38.7 Å². The second kappa shape index (κ2) is 4.94. The Morgan fingerprint density at radius 1 is 1.46 bits per heavy atom. The highest BCUT2D eigenvalue weighted by atomic mass is 16.5. The summed E-state index contributed by atoms with van der Waals surface area (Å²) in [5, 5.41) is 18.3. The van der Waals surface area contributed by atoms with E-state index < -0.39 is 0 Å². The maximum absolute atomic E-state index is 9.65. The Balaban J connectivity index is 2.21. The molecule has 1 saturated heterocycles. The lowest BCUT2D eigenvalue weighted by Gasteiger charge is -2.42. The third-order valence-electron chi connectivity index (χ3n) is 2.93. The summed E-state index contributed by atoms with van der Waals surface area (Å²) in [4.78, 5) is 0. The van der Waals surface area contributed by atoms with Crippen molar-refractivity contribution in [1.82, 2.24) is 0 Å². The van der Waals surface area contributed by atoms with Gasteiger partial charge in [0.15, 0.2) is 0 Å². The fraction of sp³-hybridized carbons (Fsp3) is 1.00. The van der Waals surface area contributed by atoms with Crippen LogP contribution in [0.15, 0.2) is 0 Å². The molecule has 1 aliphatic heterocycles. The highest BCUT2D eigenvalue weighted by Gasteiger charge is 2.38. The molecule has 0 aromatic carbocycles. The third kappa shape index (κ3) is 2.93. The van der Waals surface area contributed by atoms with Crippen LogP contribution in [0.5, 0.6) is 0 Å². The van der Waals surface area contributed by atoms with E-state index in [1.165, 1.54) is 0 Å². The predicted octanol–water partition coefficient (Wildman–Crippen LogP) is 0.936. The van der Waals surface area contributed by atoms with Crippen LogP contribution in [0, 0.1) is 5.41 Å². The number of hydrogen-bond acceptors (Lipinski definition) is 3. The first-order chi connectivity index (χ1) is 6.22. The SMILES string of the molecule is CCC1(CC(O)CCCO)COC1. The zero-order valence-electron chi connectivity index (χ0n) is 8.33. The lowest BCUT2D eigenvalue weighted by molar-refractivity contribution is -0.134. The zero-order valence-corrected chi connectivity index (χ0v) is 8.33. The van der Waals surface area contributed by atoms with Gasteiger partial charge in [-0.15, -0.1) is 0 Å². The molecule has 3 heteroatoms. The van der Waals surface area contributed by atoms with Gasteiger partial charge in [0.25, 0.3) is 0 Å². The molecule has 1 unspecified atom stereocenters. The van der Waals surface area contributed by atoms with Gasteiger partial charge in [0.2, 0.25) is 0 Å². The highest BCUT2D eigenvalue weighted by Crippen LogP contribution is 2.36. The van der Waals surface area contributed by atoms with Crippen LogP contribution in [0.3, 0.4) is 0 Å². The molecule has 0 radical (unpaired) electrons. The quantitative estimate of drug-likeness (QED) is 0.652. The first-order valence-electron chi connectivity index (χ1n) is 5.09. The molecule has 78 valence electrons. The van der Waals surface area contributed by atoms with Crippen LogP contribution in [0.25, 0.3) is 0 Å². The summed E-state index contributed by atoms with van der Waals surface area (Å²) in [5.74, 6) is 0. The summed E-state index contributed by atoms with van der Waals surface area (Å²) in [6.45, 7) is 3.90. The van der Waals surface area contributed by atoms with E-state index in [-0.39, 0.29) is 18.1 Å². The van der Waals surface area contributed by atoms with Crippen molar-refractivity contribution in [2.24, 2.45) is 5.41 Å². The molecule has 0 aliphatic carbocycles. The molecule has 1 fully saturated rings. The van der Waals surface area contributed by atoms with Crippen LogP contribution >= 0.6 is 0 Å². The summed E-state index contributed by atoms with van der Waals surface area (Å²) < 4.78 is 5.17. The highest BCUT2D eigenvalue weighted by molar-refractivity contribution is 4.86. The number of aliphatic hydroxyl groups is 2. The molecule has 0 saturated carbocycles. The predicted molar refractivity (Wildman–Crippen MR) is 50.5 cm³/mol. The first-order valence-corrected chi connectivity index (χ1v) is 5.09. The molecule has 1 atom stereocenters. The van der Waals surface area contributed by atoms with Gasteiger partial charge >= 0.3 is 0 Å². The van der Waals surface area contributed by atoms with Crippen molar-refractivity contribution in [2.75, 3.05) is 19.8 Å². The van der Waals surface area contributed by atoms with Crippen molar-refractivity contribution < 1.29 is 14.9 Å². The van der Waals surface area contributed by atoms with Gasteiger partial charge in [0.1, 0.15) is 0 Å². The number of rotatable bonds is 6. The van der Waals surface area contributed by atoms with Crippen LogP contribution in [0.1, 0.15) is 32.6 Å². The van der Waals surface area contributed by atoms with Crippen LogP contribution in [-0.4, -0.2) is 36.1 Å². The summed E-state index contributed by atoms with van der Waals surface area (Å²) in [5.41, 5.74) is 0.231. The number of ether oxygens (including phenoxy) is 1. The molecule has 0 bridgehead atoms. The average molecular weight is 188 g/mol. The van der Waals surface area contributed by atoms with Gasteiger partial charge in [-0.25, -0.2) is 0 Å². The normalized spacial score (nSPS) is 22.4. The average Bonchev–Trinajstić information content (AvgIpc) is 2.08. The maximum atomic E-state index is 9.65. The number of aliphatic hydroxyl groups excluding tert-OH is 2. The molecule has 0 aromatic rings. The van der Waals surface area contributed by atoms with Gasteiger partial charge in [-0.2, -0.15) is 0 Å². The van der Waals surface area contributed by atoms with Crippen LogP contribution in [-0.2, 0) is 4.74 Å². The molecule has 1 aliphatic rings. The Morgan fingerprint density at radius 2 is 2.15 bits per heavy atom. The van der Waals surface area contributed by atoms with Crippen molar-refractivity contribution in [3.05, 3.63) is 0 Å². The Bertz CT molecular complexity index is 138. The smallest absolute Gasteiger partial charge is 0.0548 e. The van der Waals surface area contributed by atoms with E-state index in [0.717, 1.165) is 26.1 Å². The topological polar surface area (TPSA) is 49.7 Å². The van der Waals surface area contributed by atoms with Crippen LogP contribution in [0.4, 0.5) is 0 Å². The minimum absolute atomic E-state index is 0.173. The second-order valence-corrected chi connectivity index (χ2v) is 4.07. The monoisotopic (exact) mass is 188 g/mol. The summed E-state index contributed by atoms with van der Waals surface area (Å²) in [6, 6.07) is 0. The first kappa shape index (κ1) is 11.0.